The number of benzene rings is 1. The fraction of sp³-hybridized carbons (Fsp3) is 0.235. The maximum absolute atomic E-state index is 13.8. The third-order valence-electron chi connectivity index (χ3n) is 3.94. The summed E-state index contributed by atoms with van der Waals surface area (Å²) >= 11 is 3.18. The van der Waals surface area contributed by atoms with Gasteiger partial charge in [-0.25, -0.2) is 14.2 Å². The van der Waals surface area contributed by atoms with Crippen molar-refractivity contribution in [1.82, 2.24) is 9.88 Å². The predicted octanol–water partition coefficient (Wildman–Crippen LogP) is 3.21. The number of carbonyl (C=O) groups excluding carboxylic acids is 1. The zero-order valence-electron chi connectivity index (χ0n) is 13.2. The first-order valence-electron chi connectivity index (χ1n) is 7.69. The number of hydrogen-bond acceptors (Lipinski definition) is 4. The van der Waals surface area contributed by atoms with Crippen molar-refractivity contribution in [3.05, 3.63) is 52.4 Å². The van der Waals surface area contributed by atoms with Gasteiger partial charge in [-0.2, -0.15) is 5.26 Å². The number of pyridine rings is 1. The summed E-state index contributed by atoms with van der Waals surface area (Å²) in [6, 6.07) is 9.73. The molecule has 0 atom stereocenters. The number of nitriles is 1. The van der Waals surface area contributed by atoms with Gasteiger partial charge in [0, 0.05) is 36.8 Å². The van der Waals surface area contributed by atoms with Crippen LogP contribution in [-0.4, -0.2) is 42.1 Å². The number of amides is 2. The van der Waals surface area contributed by atoms with Crippen LogP contribution < -0.4 is 10.2 Å². The summed E-state index contributed by atoms with van der Waals surface area (Å²) in [5, 5.41) is 11.4. The van der Waals surface area contributed by atoms with E-state index in [-0.39, 0.29) is 11.7 Å². The number of nitrogens with zero attached hydrogens (tertiary/aromatic N) is 4. The maximum atomic E-state index is 13.8. The lowest BCUT2D eigenvalue weighted by molar-refractivity contribution is 0.208. The van der Waals surface area contributed by atoms with Crippen LogP contribution in [0.15, 0.2) is 41.0 Å². The molecule has 1 aliphatic heterocycles. The molecule has 1 fully saturated rings. The molecular weight excluding hydrogens is 389 g/mol. The van der Waals surface area contributed by atoms with Gasteiger partial charge in [-0.15, -0.1) is 0 Å². The predicted molar refractivity (Wildman–Crippen MR) is 95.9 cm³/mol. The van der Waals surface area contributed by atoms with Crippen molar-refractivity contribution in [1.29, 1.82) is 5.26 Å². The minimum Gasteiger partial charge on any atom is -0.353 e. The van der Waals surface area contributed by atoms with E-state index >= 15 is 0 Å². The first-order valence-corrected chi connectivity index (χ1v) is 8.48. The van der Waals surface area contributed by atoms with Crippen LogP contribution in [0.5, 0.6) is 0 Å². The zero-order valence-corrected chi connectivity index (χ0v) is 14.8. The molecule has 0 bridgehead atoms. The molecule has 0 radical (unpaired) electrons. The van der Waals surface area contributed by atoms with Crippen LogP contribution in [0.3, 0.4) is 0 Å². The van der Waals surface area contributed by atoms with Crippen molar-refractivity contribution >= 4 is 33.5 Å². The van der Waals surface area contributed by atoms with Gasteiger partial charge in [-0.1, -0.05) is 15.9 Å². The molecule has 2 heterocycles. The van der Waals surface area contributed by atoms with Crippen LogP contribution in [0.4, 0.5) is 20.7 Å². The highest BCUT2D eigenvalue weighted by atomic mass is 79.9. The summed E-state index contributed by atoms with van der Waals surface area (Å²) in [4.78, 5) is 20.2. The number of nitrogens with one attached hydrogen (secondary N) is 1. The van der Waals surface area contributed by atoms with Crippen LogP contribution in [0.2, 0.25) is 0 Å². The van der Waals surface area contributed by atoms with Gasteiger partial charge in [0.1, 0.15) is 17.7 Å². The number of anilines is 2. The lowest BCUT2D eigenvalue weighted by Gasteiger charge is -2.35. The molecule has 1 aromatic heterocycles. The van der Waals surface area contributed by atoms with Crippen molar-refractivity contribution in [2.24, 2.45) is 0 Å². The third-order valence-corrected chi connectivity index (χ3v) is 4.43. The van der Waals surface area contributed by atoms with Gasteiger partial charge in [0.2, 0.25) is 0 Å². The van der Waals surface area contributed by atoms with Crippen molar-refractivity contribution in [2.75, 3.05) is 36.4 Å². The molecule has 25 heavy (non-hydrogen) atoms. The lowest BCUT2D eigenvalue weighted by Crippen LogP contribution is -2.50. The fourth-order valence-corrected chi connectivity index (χ4v) is 2.90. The second-order valence-corrected chi connectivity index (χ2v) is 6.46. The van der Waals surface area contributed by atoms with Crippen LogP contribution in [0, 0.1) is 17.1 Å². The summed E-state index contributed by atoms with van der Waals surface area (Å²) in [5.41, 5.74) is 0.669. The molecule has 1 aromatic carbocycles. The van der Waals surface area contributed by atoms with Crippen LogP contribution in [-0.2, 0) is 0 Å². The standard InChI is InChI=1S/C17H15BrFN5O/c18-13-2-3-15(14(19)9-13)22-17(25)24-7-5-23(6-8-24)16-4-1-12(10-20)11-21-16/h1-4,9,11H,5-8H2,(H,22,25). The quantitative estimate of drug-likeness (QED) is 0.835. The summed E-state index contributed by atoms with van der Waals surface area (Å²) in [6.45, 7) is 2.25. The maximum Gasteiger partial charge on any atom is 0.322 e. The number of carbonyl (C=O) groups is 1. The molecule has 128 valence electrons. The molecule has 0 spiro atoms. The molecule has 6 nitrogen and oxygen atoms in total. The topological polar surface area (TPSA) is 72.3 Å². The first kappa shape index (κ1) is 17.2. The van der Waals surface area contributed by atoms with Crippen LogP contribution in [0.25, 0.3) is 0 Å². The van der Waals surface area contributed by atoms with Gasteiger partial charge in [-0.3, -0.25) is 0 Å². The van der Waals surface area contributed by atoms with Crippen LogP contribution in [0.1, 0.15) is 5.56 Å². The summed E-state index contributed by atoms with van der Waals surface area (Å²) in [5.74, 6) is 0.293. The Morgan fingerprint density at radius 2 is 2.00 bits per heavy atom. The van der Waals surface area contributed by atoms with E-state index in [1.807, 2.05) is 11.0 Å². The highest BCUT2D eigenvalue weighted by molar-refractivity contribution is 9.10. The largest absolute Gasteiger partial charge is 0.353 e. The number of piperazine rings is 1. The van der Waals surface area contributed by atoms with E-state index < -0.39 is 5.82 Å². The Morgan fingerprint density at radius 1 is 1.24 bits per heavy atom. The molecular formula is C17H15BrFN5O. The molecule has 0 saturated carbocycles. The minimum absolute atomic E-state index is 0.157. The molecule has 0 unspecified atom stereocenters. The van der Waals surface area contributed by atoms with Gasteiger partial charge in [0.15, 0.2) is 0 Å². The van der Waals surface area contributed by atoms with Gasteiger partial charge in [0.25, 0.3) is 0 Å². The monoisotopic (exact) mass is 403 g/mol. The minimum atomic E-state index is -0.483. The number of hydrogen-bond donors (Lipinski definition) is 1. The SMILES string of the molecule is N#Cc1ccc(N2CCN(C(=O)Nc3ccc(Br)cc3F)CC2)nc1. The normalized spacial score (nSPS) is 14.1. The molecule has 0 aliphatic carbocycles. The number of halogens is 2. The highest BCUT2D eigenvalue weighted by Crippen LogP contribution is 2.20. The number of rotatable bonds is 2. The zero-order chi connectivity index (χ0) is 17.8. The second kappa shape index (κ2) is 7.49. The van der Waals surface area contributed by atoms with E-state index in [0.29, 0.717) is 36.2 Å². The van der Waals surface area contributed by atoms with E-state index in [9.17, 15) is 9.18 Å². The van der Waals surface area contributed by atoms with Gasteiger partial charge in [0.05, 0.1) is 11.3 Å². The van der Waals surface area contributed by atoms with Crippen molar-refractivity contribution in [2.45, 2.75) is 0 Å². The molecule has 1 aliphatic rings. The highest BCUT2D eigenvalue weighted by Gasteiger charge is 2.22. The average molecular weight is 404 g/mol. The third kappa shape index (κ3) is 4.06. The molecule has 2 amide bonds. The molecule has 3 rings (SSSR count). The van der Waals surface area contributed by atoms with E-state index in [1.54, 1.807) is 23.1 Å². The molecule has 1 saturated heterocycles. The Kier molecular flexibility index (Phi) is 5.14. The molecule has 8 heteroatoms. The van der Waals surface area contributed by atoms with E-state index in [0.717, 1.165) is 5.82 Å². The number of aromatic nitrogens is 1. The Morgan fingerprint density at radius 3 is 2.60 bits per heavy atom. The van der Waals surface area contributed by atoms with E-state index in [1.165, 1.54) is 18.3 Å². The Bertz CT molecular complexity index is 813. The van der Waals surface area contributed by atoms with Gasteiger partial charge >= 0.3 is 6.03 Å². The Balaban J connectivity index is 1.57. The van der Waals surface area contributed by atoms with Crippen molar-refractivity contribution < 1.29 is 9.18 Å². The Hall–Kier alpha value is -2.66. The van der Waals surface area contributed by atoms with Crippen LogP contribution >= 0.6 is 15.9 Å². The van der Waals surface area contributed by atoms with Crippen molar-refractivity contribution in [3.8, 4) is 6.07 Å². The fourth-order valence-electron chi connectivity index (χ4n) is 2.56. The second-order valence-electron chi connectivity index (χ2n) is 5.55. The number of urea groups is 1. The summed E-state index contributed by atoms with van der Waals surface area (Å²) < 4.78 is 14.4. The summed E-state index contributed by atoms with van der Waals surface area (Å²) in [6.07, 6.45) is 1.53. The first-order chi connectivity index (χ1) is 12.1. The molecule has 2 aromatic rings. The van der Waals surface area contributed by atoms with Crippen molar-refractivity contribution in [3.63, 3.8) is 0 Å². The average Bonchev–Trinajstić information content (AvgIpc) is 2.64. The lowest BCUT2D eigenvalue weighted by atomic mass is 10.2. The summed E-state index contributed by atoms with van der Waals surface area (Å²) in [7, 11) is 0. The smallest absolute Gasteiger partial charge is 0.322 e. The van der Waals surface area contributed by atoms with E-state index in [4.69, 9.17) is 5.26 Å². The van der Waals surface area contributed by atoms with Gasteiger partial charge in [-0.05, 0) is 30.3 Å². The molecule has 1 N–H and O–H groups in total. The van der Waals surface area contributed by atoms with E-state index in [2.05, 4.69) is 26.2 Å². The Labute approximate surface area is 153 Å². The van der Waals surface area contributed by atoms with Gasteiger partial charge < -0.3 is 15.1 Å².